The molecule has 4 rings (SSSR count). The number of hydrogen-bond donors (Lipinski definition) is 3. The topological polar surface area (TPSA) is 128 Å². The number of halogens is 4. The number of rotatable bonds is 8. The van der Waals surface area contributed by atoms with Crippen molar-refractivity contribution in [2.45, 2.75) is 37.1 Å². The molecule has 0 bridgehead atoms. The highest BCUT2D eigenvalue weighted by Crippen LogP contribution is 2.36. The zero-order valence-electron chi connectivity index (χ0n) is 24.5. The summed E-state index contributed by atoms with van der Waals surface area (Å²) < 4.78 is 73.0. The van der Waals surface area contributed by atoms with Gasteiger partial charge < -0.3 is 25.4 Å². The van der Waals surface area contributed by atoms with Gasteiger partial charge in [-0.05, 0) is 67.6 Å². The highest BCUT2D eigenvalue weighted by Gasteiger charge is 2.36. The molecule has 242 valence electrons. The molecule has 0 saturated heterocycles. The molecule has 0 spiro atoms. The van der Waals surface area contributed by atoms with Gasteiger partial charge in [-0.3, -0.25) is 4.79 Å². The van der Waals surface area contributed by atoms with E-state index in [0.717, 1.165) is 28.6 Å². The van der Waals surface area contributed by atoms with Gasteiger partial charge in [0, 0.05) is 30.2 Å². The number of para-hydroxylation sites is 1. The molecule has 3 amide bonds. The smallest absolute Gasteiger partial charge is 0.416 e. The molecule has 0 saturated carbocycles. The number of amides is 3. The van der Waals surface area contributed by atoms with Crippen LogP contribution in [0.25, 0.3) is 0 Å². The number of nitrogens with zero attached hydrogens (tertiary/aromatic N) is 2. The number of fused-ring (bicyclic) bond motifs is 1. The fraction of sp³-hybridized carbons (Fsp3) is 0.333. The van der Waals surface area contributed by atoms with Gasteiger partial charge in [-0.1, -0.05) is 24.6 Å². The summed E-state index contributed by atoms with van der Waals surface area (Å²) in [6, 6.07) is 12.6. The molecule has 3 aromatic rings. The number of alkyl halides is 3. The van der Waals surface area contributed by atoms with Crippen molar-refractivity contribution in [3.05, 3.63) is 82.9 Å². The SMILES string of the molecule is C[C@@H]1CN([C@@H](C)CO)C(=O)c2cccc(NC(=O)Nc3ccc(C(F)(F)F)cc3)c2O[C@H]1CN(C)S(=O)(=O)c1ccc(Cl)cc1. The number of hydrogen-bond acceptors (Lipinski definition) is 6. The number of carbonyl (C=O) groups excluding carboxylic acids is 2. The minimum Gasteiger partial charge on any atom is -0.486 e. The number of sulfonamides is 1. The highest BCUT2D eigenvalue weighted by molar-refractivity contribution is 7.89. The maximum atomic E-state index is 13.7. The number of urea groups is 1. The van der Waals surface area contributed by atoms with Crippen LogP contribution in [-0.4, -0.2) is 73.6 Å². The number of nitrogens with one attached hydrogen (secondary N) is 2. The van der Waals surface area contributed by atoms with Gasteiger partial charge >= 0.3 is 12.2 Å². The van der Waals surface area contributed by atoms with E-state index in [1.807, 2.05) is 0 Å². The van der Waals surface area contributed by atoms with E-state index in [0.29, 0.717) is 5.02 Å². The predicted molar refractivity (Wildman–Crippen MR) is 163 cm³/mol. The second-order valence-electron chi connectivity index (χ2n) is 10.7. The Hall–Kier alpha value is -3.85. The molecule has 0 unspecified atom stereocenters. The Morgan fingerprint density at radius 1 is 1.11 bits per heavy atom. The first-order valence-corrected chi connectivity index (χ1v) is 15.6. The van der Waals surface area contributed by atoms with Crippen LogP contribution in [0.1, 0.15) is 29.8 Å². The molecule has 0 fully saturated rings. The van der Waals surface area contributed by atoms with Crippen molar-refractivity contribution in [2.75, 3.05) is 37.4 Å². The third-order valence-electron chi connectivity index (χ3n) is 7.37. The van der Waals surface area contributed by atoms with Crippen LogP contribution in [0.4, 0.5) is 29.3 Å². The maximum Gasteiger partial charge on any atom is 0.416 e. The summed E-state index contributed by atoms with van der Waals surface area (Å²) >= 11 is 5.93. The van der Waals surface area contributed by atoms with E-state index in [-0.39, 0.29) is 47.3 Å². The fourth-order valence-electron chi connectivity index (χ4n) is 4.72. The standard InChI is InChI=1S/C30H32ClF3N4O6S/c1-18-15-38(19(2)17-39)28(40)24-5-4-6-25(36-29(41)35-22-11-7-20(8-12-22)30(32,33)34)27(24)44-26(18)16-37(3)45(42,43)23-13-9-21(31)10-14-23/h4-14,18-19,26,39H,15-17H2,1-3H3,(H2,35,36,41)/t18-,19+,26+/m1/s1. The van der Waals surface area contributed by atoms with Crippen LogP contribution >= 0.6 is 11.6 Å². The molecule has 1 heterocycles. The third-order valence-corrected chi connectivity index (χ3v) is 9.46. The van der Waals surface area contributed by atoms with Crippen molar-refractivity contribution < 1.29 is 41.0 Å². The number of anilines is 2. The van der Waals surface area contributed by atoms with E-state index in [1.54, 1.807) is 13.8 Å². The summed E-state index contributed by atoms with van der Waals surface area (Å²) in [5, 5.41) is 15.3. The lowest BCUT2D eigenvalue weighted by molar-refractivity contribution is -0.137. The van der Waals surface area contributed by atoms with Crippen LogP contribution in [0, 0.1) is 5.92 Å². The van der Waals surface area contributed by atoms with Crippen molar-refractivity contribution in [1.29, 1.82) is 0 Å². The first kappa shape index (κ1) is 34.0. The Balaban J connectivity index is 1.65. The molecule has 3 N–H and O–H groups in total. The van der Waals surface area contributed by atoms with Crippen molar-refractivity contribution in [3.8, 4) is 5.75 Å². The Morgan fingerprint density at radius 3 is 2.36 bits per heavy atom. The zero-order valence-corrected chi connectivity index (χ0v) is 26.1. The Morgan fingerprint density at radius 2 is 1.76 bits per heavy atom. The molecule has 0 aromatic heterocycles. The Kier molecular flexibility index (Phi) is 10.3. The van der Waals surface area contributed by atoms with Crippen molar-refractivity contribution in [1.82, 2.24) is 9.21 Å². The van der Waals surface area contributed by atoms with Crippen LogP contribution in [0.3, 0.4) is 0 Å². The van der Waals surface area contributed by atoms with E-state index >= 15 is 0 Å². The first-order chi connectivity index (χ1) is 21.1. The summed E-state index contributed by atoms with van der Waals surface area (Å²) in [6.07, 6.45) is -5.37. The number of benzene rings is 3. The molecule has 10 nitrogen and oxygen atoms in total. The number of aliphatic hydroxyl groups is 1. The molecule has 0 aliphatic carbocycles. The van der Waals surface area contributed by atoms with E-state index in [9.17, 15) is 36.3 Å². The summed E-state index contributed by atoms with van der Waals surface area (Å²) in [4.78, 5) is 28.1. The quantitative estimate of drug-likeness (QED) is 0.289. The van der Waals surface area contributed by atoms with Crippen LogP contribution in [-0.2, 0) is 16.2 Å². The number of aliphatic hydroxyl groups excluding tert-OH is 1. The van der Waals surface area contributed by atoms with Gasteiger partial charge in [0.2, 0.25) is 10.0 Å². The Bertz CT molecular complexity index is 1640. The predicted octanol–water partition coefficient (Wildman–Crippen LogP) is 5.54. The lowest BCUT2D eigenvalue weighted by Gasteiger charge is -2.38. The largest absolute Gasteiger partial charge is 0.486 e. The second-order valence-corrected chi connectivity index (χ2v) is 13.2. The second kappa shape index (κ2) is 13.6. The molecule has 1 aliphatic rings. The molecular weight excluding hydrogens is 637 g/mol. The maximum absolute atomic E-state index is 13.7. The summed E-state index contributed by atoms with van der Waals surface area (Å²) in [6.45, 7) is 3.09. The lowest BCUT2D eigenvalue weighted by atomic mass is 9.99. The summed E-state index contributed by atoms with van der Waals surface area (Å²) in [7, 11) is -2.58. The summed E-state index contributed by atoms with van der Waals surface area (Å²) in [5.41, 5.74) is -0.679. The summed E-state index contributed by atoms with van der Waals surface area (Å²) in [5.74, 6) is -0.965. The monoisotopic (exact) mass is 668 g/mol. The third kappa shape index (κ3) is 7.87. The normalized spacial score (nSPS) is 18.0. The van der Waals surface area contributed by atoms with E-state index in [2.05, 4.69) is 10.6 Å². The minimum absolute atomic E-state index is 0.0151. The number of likely N-dealkylation sites (N-methyl/N-ethyl adjacent to an activating group) is 1. The van der Waals surface area contributed by atoms with Gasteiger partial charge in [-0.2, -0.15) is 17.5 Å². The highest BCUT2D eigenvalue weighted by atomic mass is 35.5. The van der Waals surface area contributed by atoms with Crippen LogP contribution in [0.15, 0.2) is 71.6 Å². The first-order valence-electron chi connectivity index (χ1n) is 13.8. The van der Waals surface area contributed by atoms with Gasteiger partial charge in [0.05, 0.1) is 40.9 Å². The molecular formula is C30H32ClF3N4O6S. The van der Waals surface area contributed by atoms with Crippen molar-refractivity contribution >= 4 is 44.9 Å². The molecule has 15 heteroatoms. The van der Waals surface area contributed by atoms with E-state index in [4.69, 9.17) is 16.3 Å². The van der Waals surface area contributed by atoms with Gasteiger partial charge in [0.25, 0.3) is 5.91 Å². The molecule has 3 atom stereocenters. The lowest BCUT2D eigenvalue weighted by Crippen LogP contribution is -2.50. The molecule has 3 aromatic carbocycles. The van der Waals surface area contributed by atoms with Gasteiger partial charge in [-0.25, -0.2) is 13.2 Å². The number of ether oxygens (including phenoxy) is 1. The molecule has 1 aliphatic heterocycles. The fourth-order valence-corrected chi connectivity index (χ4v) is 6.03. The molecule has 45 heavy (non-hydrogen) atoms. The average molecular weight is 669 g/mol. The van der Waals surface area contributed by atoms with Gasteiger partial charge in [-0.15, -0.1) is 0 Å². The molecule has 0 radical (unpaired) electrons. The zero-order chi connectivity index (χ0) is 33.1. The van der Waals surface area contributed by atoms with Crippen molar-refractivity contribution in [3.63, 3.8) is 0 Å². The average Bonchev–Trinajstić information content (AvgIpc) is 2.98. The van der Waals surface area contributed by atoms with Crippen LogP contribution < -0.4 is 15.4 Å². The van der Waals surface area contributed by atoms with Crippen LogP contribution in [0.5, 0.6) is 5.75 Å². The van der Waals surface area contributed by atoms with Gasteiger partial charge in [0.15, 0.2) is 5.75 Å². The van der Waals surface area contributed by atoms with E-state index in [1.165, 1.54) is 54.4 Å². The Labute approximate surface area is 263 Å². The van der Waals surface area contributed by atoms with E-state index < -0.39 is 51.8 Å². The van der Waals surface area contributed by atoms with Crippen molar-refractivity contribution in [2.24, 2.45) is 5.92 Å². The number of carbonyl (C=O) groups is 2. The van der Waals surface area contributed by atoms with Crippen LogP contribution in [0.2, 0.25) is 5.02 Å². The van der Waals surface area contributed by atoms with Gasteiger partial charge in [0.1, 0.15) is 6.10 Å². The minimum atomic E-state index is -4.54.